The lowest BCUT2D eigenvalue weighted by Crippen LogP contribution is -2.31. The van der Waals surface area contributed by atoms with E-state index in [0.717, 1.165) is 60.9 Å². The summed E-state index contributed by atoms with van der Waals surface area (Å²) in [6.07, 6.45) is 6.66. The molecular weight excluding hydrogens is 390 g/mol. The first-order chi connectivity index (χ1) is 15.1. The van der Waals surface area contributed by atoms with Crippen LogP contribution < -0.4 is 20.4 Å². The van der Waals surface area contributed by atoms with Gasteiger partial charge in [-0.05, 0) is 37.1 Å². The van der Waals surface area contributed by atoms with Crippen molar-refractivity contribution in [1.82, 2.24) is 0 Å². The highest BCUT2D eigenvalue weighted by atomic mass is 16.6. The molecule has 164 valence electrons. The van der Waals surface area contributed by atoms with Crippen molar-refractivity contribution < 1.29 is 23.8 Å². The summed E-state index contributed by atoms with van der Waals surface area (Å²) in [5, 5.41) is 0. The van der Waals surface area contributed by atoms with E-state index in [1.165, 1.54) is 0 Å². The molecule has 2 rings (SSSR count). The topological polar surface area (TPSA) is 61.8 Å². The normalized spacial score (nSPS) is 10.3. The monoisotopic (exact) mass is 422 g/mol. The van der Waals surface area contributed by atoms with Crippen LogP contribution in [0.15, 0.2) is 48.5 Å². The molecule has 0 fully saturated rings. The molecule has 0 heterocycles. The van der Waals surface area contributed by atoms with Crippen LogP contribution in [0.5, 0.6) is 11.5 Å². The van der Waals surface area contributed by atoms with Crippen molar-refractivity contribution in [2.24, 2.45) is 0 Å². The maximum Gasteiger partial charge on any atom is 0.294 e. The molecule has 2 aromatic carbocycles. The number of rotatable bonds is 14. The van der Waals surface area contributed by atoms with Gasteiger partial charge < -0.3 is 14.2 Å². The lowest BCUT2D eigenvalue weighted by atomic mass is 9.68. The van der Waals surface area contributed by atoms with Gasteiger partial charge in [0, 0.05) is 0 Å². The van der Waals surface area contributed by atoms with Gasteiger partial charge in [0.2, 0.25) is 0 Å². The van der Waals surface area contributed by atoms with Gasteiger partial charge in [0.1, 0.15) is 11.5 Å². The molecule has 0 spiro atoms. The summed E-state index contributed by atoms with van der Waals surface area (Å²) >= 11 is 0. The Morgan fingerprint density at radius 3 is 1.39 bits per heavy atom. The quantitative estimate of drug-likeness (QED) is 0.263. The summed E-state index contributed by atoms with van der Waals surface area (Å²) in [5.41, 5.74) is 1.56. The van der Waals surface area contributed by atoms with Gasteiger partial charge in [-0.2, -0.15) is 0 Å². The molecule has 7 heteroatoms. The third-order valence-corrected chi connectivity index (χ3v) is 4.80. The zero-order valence-electron chi connectivity index (χ0n) is 18.7. The molecule has 0 bridgehead atoms. The molecule has 0 N–H and O–H groups in total. The molecule has 0 amide bonds. The molecule has 0 aliphatic rings. The number of benzene rings is 2. The zero-order chi connectivity index (χ0) is 22.3. The van der Waals surface area contributed by atoms with Gasteiger partial charge in [0.25, 0.3) is 26.3 Å². The Balaban J connectivity index is 1.71. The van der Waals surface area contributed by atoms with Crippen molar-refractivity contribution in [3.05, 3.63) is 48.5 Å². The number of hydrogen-bond acceptors (Lipinski definition) is 5. The first kappa shape index (κ1) is 24.6. The Morgan fingerprint density at radius 1 is 0.645 bits per heavy atom. The fraction of sp³-hybridized carbons (Fsp3) is 0.417. The Morgan fingerprint density at radius 2 is 1.03 bits per heavy atom. The minimum Gasteiger partial charge on any atom is -0.494 e. The van der Waals surface area contributed by atoms with Gasteiger partial charge >= 0.3 is 0 Å². The number of unbranched alkanes of at least 4 members (excludes halogenated alkanes) is 4. The molecule has 2 aromatic rings. The lowest BCUT2D eigenvalue weighted by molar-refractivity contribution is 0.184. The van der Waals surface area contributed by atoms with E-state index in [2.05, 4.69) is 13.8 Å². The summed E-state index contributed by atoms with van der Waals surface area (Å²) in [5.74, 6) is 0.444. The largest absolute Gasteiger partial charge is 0.494 e. The molecule has 31 heavy (non-hydrogen) atoms. The van der Waals surface area contributed by atoms with Crippen LogP contribution in [-0.2, 0) is 4.74 Å². The lowest BCUT2D eigenvalue weighted by Gasteiger charge is -2.07. The van der Waals surface area contributed by atoms with Crippen molar-refractivity contribution in [1.29, 1.82) is 0 Å². The average Bonchev–Trinajstić information content (AvgIpc) is 2.76. The van der Waals surface area contributed by atoms with E-state index in [1.54, 1.807) is 0 Å². The first-order valence-corrected chi connectivity index (χ1v) is 11.3. The standard InChI is InChI=1S/C24H32B2O5/c1-3-5-7-17-29-21-13-9-19(10-14-21)25-23(27)31-24(28)26-20-11-15-22(16-12-20)30-18-8-6-4-2/h9-16,25-26H,3-8,17-18H2,1-2H3. The highest BCUT2D eigenvalue weighted by Gasteiger charge is 2.15. The van der Waals surface area contributed by atoms with Crippen LogP contribution in [0.3, 0.4) is 0 Å². The Labute approximate surface area is 187 Å². The van der Waals surface area contributed by atoms with Crippen molar-refractivity contribution in [3.63, 3.8) is 0 Å². The van der Waals surface area contributed by atoms with E-state index < -0.39 is 11.7 Å². The Bertz CT molecular complexity index is 723. The summed E-state index contributed by atoms with van der Waals surface area (Å²) in [7, 11) is 0.0960. The average molecular weight is 422 g/mol. The molecule has 5 nitrogen and oxygen atoms in total. The van der Waals surface area contributed by atoms with E-state index in [-0.39, 0.29) is 14.6 Å². The second-order valence-electron chi connectivity index (χ2n) is 7.60. The van der Waals surface area contributed by atoms with Crippen molar-refractivity contribution in [3.8, 4) is 11.5 Å². The second kappa shape index (κ2) is 14.3. The molecule has 0 radical (unpaired) electrons. The van der Waals surface area contributed by atoms with Gasteiger partial charge in [-0.15, -0.1) is 0 Å². The molecule has 0 atom stereocenters. The van der Waals surface area contributed by atoms with Gasteiger partial charge in [-0.25, -0.2) is 0 Å². The van der Waals surface area contributed by atoms with E-state index in [1.807, 2.05) is 48.5 Å². The minimum atomic E-state index is -0.558. The predicted molar refractivity (Wildman–Crippen MR) is 128 cm³/mol. The summed E-state index contributed by atoms with van der Waals surface area (Å²) in [4.78, 5) is 24.1. The Hall–Kier alpha value is -2.69. The highest BCUT2D eigenvalue weighted by Crippen LogP contribution is 2.10. The summed E-state index contributed by atoms with van der Waals surface area (Å²) in [6.45, 7) is 5.69. The number of ether oxygens (including phenoxy) is 3. The number of carbonyl (C=O) groups is 2. The maximum absolute atomic E-state index is 12.1. The number of hydrogen-bond donors (Lipinski definition) is 0. The van der Waals surface area contributed by atoms with Crippen molar-refractivity contribution >= 4 is 37.2 Å². The van der Waals surface area contributed by atoms with Gasteiger partial charge in [0.05, 0.1) is 13.2 Å². The number of carbonyl (C=O) groups excluding carboxylic acids is 2. The summed E-state index contributed by atoms with van der Waals surface area (Å²) in [6, 6.07) is 14.6. The Kier molecular flexibility index (Phi) is 11.4. The maximum atomic E-state index is 12.1. The SMILES string of the molecule is CCCCCOc1ccc(BC(=O)OC(=O)Bc2ccc(OCCCCC)cc2)cc1. The molecule has 0 aliphatic heterocycles. The summed E-state index contributed by atoms with van der Waals surface area (Å²) < 4.78 is 16.3. The molecule has 0 aliphatic carbocycles. The van der Waals surface area contributed by atoms with E-state index in [0.29, 0.717) is 13.2 Å². The van der Waals surface area contributed by atoms with Crippen LogP contribution in [0.25, 0.3) is 0 Å². The van der Waals surface area contributed by atoms with Gasteiger partial charge in [0.15, 0.2) is 0 Å². The molecule has 0 saturated carbocycles. The fourth-order valence-electron chi connectivity index (χ4n) is 3.02. The second-order valence-corrected chi connectivity index (χ2v) is 7.60. The van der Waals surface area contributed by atoms with Crippen LogP contribution in [0.1, 0.15) is 52.4 Å². The van der Waals surface area contributed by atoms with Crippen molar-refractivity contribution in [2.75, 3.05) is 13.2 Å². The van der Waals surface area contributed by atoms with Crippen LogP contribution in [0, 0.1) is 0 Å². The van der Waals surface area contributed by atoms with E-state index in [4.69, 9.17) is 14.2 Å². The van der Waals surface area contributed by atoms with Crippen LogP contribution in [-0.4, -0.2) is 39.5 Å². The smallest absolute Gasteiger partial charge is 0.294 e. The van der Waals surface area contributed by atoms with E-state index >= 15 is 0 Å². The highest BCUT2D eigenvalue weighted by molar-refractivity contribution is 6.87. The predicted octanol–water partition coefficient (Wildman–Crippen LogP) is 3.91. The zero-order valence-corrected chi connectivity index (χ0v) is 18.7. The fourth-order valence-corrected chi connectivity index (χ4v) is 3.02. The molecule has 0 saturated heterocycles. The van der Waals surface area contributed by atoms with Gasteiger partial charge in [-0.3, -0.25) is 9.59 Å². The van der Waals surface area contributed by atoms with Crippen LogP contribution in [0.4, 0.5) is 9.59 Å². The minimum absolute atomic E-state index is 0.0480. The third-order valence-electron chi connectivity index (χ3n) is 4.80. The molecule has 0 unspecified atom stereocenters. The molecule has 0 aromatic heterocycles. The van der Waals surface area contributed by atoms with Crippen molar-refractivity contribution in [2.45, 2.75) is 52.4 Å². The third kappa shape index (κ3) is 10.3. The first-order valence-electron chi connectivity index (χ1n) is 11.3. The molecular formula is C24H32B2O5. The van der Waals surface area contributed by atoms with Crippen LogP contribution >= 0.6 is 0 Å². The van der Waals surface area contributed by atoms with Crippen LogP contribution in [0.2, 0.25) is 0 Å². The van der Waals surface area contributed by atoms with Gasteiger partial charge in [-0.1, -0.05) is 74.7 Å². The van der Waals surface area contributed by atoms with E-state index in [9.17, 15) is 9.59 Å².